The second-order valence-corrected chi connectivity index (χ2v) is 5.12. The average molecular weight is 274 g/mol. The molecule has 0 aliphatic rings. The quantitative estimate of drug-likeness (QED) is 0.683. The predicted octanol–water partition coefficient (Wildman–Crippen LogP) is 2.84. The Labute approximate surface area is 113 Å². The molecule has 1 aromatic heterocycles. The van der Waals surface area contributed by atoms with Crippen LogP contribution in [0.5, 0.6) is 0 Å². The molecule has 0 atom stereocenters. The summed E-state index contributed by atoms with van der Waals surface area (Å²) < 4.78 is 0. The van der Waals surface area contributed by atoms with Crippen LogP contribution in [-0.2, 0) is 6.54 Å². The standard InChI is InChI=1S/C12H10N4O2S/c1-8-14-6-11(19-8)7-15-10-3-2-9(5-13)12(4-10)16(17)18/h2-4,6,15H,7H2,1H3. The SMILES string of the molecule is Cc1ncc(CNc2ccc(C#N)c([N+](=O)[O-])c2)s1. The van der Waals surface area contributed by atoms with E-state index in [1.54, 1.807) is 29.7 Å². The lowest BCUT2D eigenvalue weighted by atomic mass is 10.2. The summed E-state index contributed by atoms with van der Waals surface area (Å²) in [4.78, 5) is 15.4. The smallest absolute Gasteiger partial charge is 0.289 e. The molecule has 0 unspecified atom stereocenters. The lowest BCUT2D eigenvalue weighted by Crippen LogP contribution is -1.99. The van der Waals surface area contributed by atoms with E-state index in [-0.39, 0.29) is 11.3 Å². The lowest BCUT2D eigenvalue weighted by Gasteiger charge is -2.04. The Bertz CT molecular complexity index is 660. The third kappa shape index (κ3) is 3.05. The number of nitriles is 1. The number of aryl methyl sites for hydroxylation is 1. The van der Waals surface area contributed by atoms with Crippen LogP contribution in [0.2, 0.25) is 0 Å². The van der Waals surface area contributed by atoms with Crippen molar-refractivity contribution in [1.29, 1.82) is 5.26 Å². The summed E-state index contributed by atoms with van der Waals surface area (Å²) in [5, 5.41) is 23.7. The first-order valence-electron chi connectivity index (χ1n) is 5.44. The highest BCUT2D eigenvalue weighted by Gasteiger charge is 2.14. The van der Waals surface area contributed by atoms with Gasteiger partial charge in [-0.3, -0.25) is 10.1 Å². The zero-order valence-corrected chi connectivity index (χ0v) is 10.9. The number of rotatable bonds is 4. The normalized spacial score (nSPS) is 9.89. The van der Waals surface area contributed by atoms with Crippen molar-refractivity contribution < 1.29 is 4.92 Å². The number of nitrogens with zero attached hydrogens (tertiary/aromatic N) is 3. The first kappa shape index (κ1) is 13.0. The van der Waals surface area contributed by atoms with Gasteiger partial charge in [-0.15, -0.1) is 11.3 Å². The van der Waals surface area contributed by atoms with Gasteiger partial charge in [-0.1, -0.05) is 0 Å². The van der Waals surface area contributed by atoms with Gasteiger partial charge in [0.05, 0.1) is 16.5 Å². The number of nitro groups is 1. The molecule has 0 bridgehead atoms. The van der Waals surface area contributed by atoms with Crippen LogP contribution < -0.4 is 5.32 Å². The van der Waals surface area contributed by atoms with E-state index in [1.165, 1.54) is 12.1 Å². The van der Waals surface area contributed by atoms with Gasteiger partial charge in [0.2, 0.25) is 0 Å². The maximum absolute atomic E-state index is 10.8. The molecule has 0 fully saturated rings. The van der Waals surface area contributed by atoms with Gasteiger partial charge in [-0.25, -0.2) is 4.98 Å². The highest BCUT2D eigenvalue weighted by atomic mass is 32.1. The van der Waals surface area contributed by atoms with Gasteiger partial charge in [-0.05, 0) is 19.1 Å². The molecule has 0 saturated heterocycles. The molecule has 0 aliphatic carbocycles. The van der Waals surface area contributed by atoms with E-state index in [4.69, 9.17) is 5.26 Å². The second-order valence-electron chi connectivity index (χ2n) is 3.80. The van der Waals surface area contributed by atoms with E-state index in [1.807, 2.05) is 6.92 Å². The molecule has 1 N–H and O–H groups in total. The van der Waals surface area contributed by atoms with Crippen LogP contribution in [0.3, 0.4) is 0 Å². The van der Waals surface area contributed by atoms with Crippen molar-refractivity contribution >= 4 is 22.7 Å². The van der Waals surface area contributed by atoms with Crippen molar-refractivity contribution in [3.8, 4) is 6.07 Å². The summed E-state index contributed by atoms with van der Waals surface area (Å²) in [6, 6.07) is 6.27. The predicted molar refractivity (Wildman–Crippen MR) is 72.0 cm³/mol. The zero-order valence-electron chi connectivity index (χ0n) is 10.1. The van der Waals surface area contributed by atoms with Gasteiger partial charge in [0.1, 0.15) is 11.6 Å². The molecule has 96 valence electrons. The Morgan fingerprint density at radius 3 is 2.95 bits per heavy atom. The van der Waals surface area contributed by atoms with E-state index in [9.17, 15) is 10.1 Å². The first-order valence-corrected chi connectivity index (χ1v) is 6.25. The molecular formula is C12H10N4O2S. The third-order valence-corrected chi connectivity index (χ3v) is 3.36. The second kappa shape index (κ2) is 5.46. The first-order chi connectivity index (χ1) is 9.10. The van der Waals surface area contributed by atoms with Gasteiger partial charge < -0.3 is 5.32 Å². The van der Waals surface area contributed by atoms with Crippen LogP contribution in [0.25, 0.3) is 0 Å². The fraction of sp³-hybridized carbons (Fsp3) is 0.167. The molecule has 0 spiro atoms. The highest BCUT2D eigenvalue weighted by molar-refractivity contribution is 7.11. The van der Waals surface area contributed by atoms with E-state index >= 15 is 0 Å². The molecule has 19 heavy (non-hydrogen) atoms. The minimum atomic E-state index is -0.555. The van der Waals surface area contributed by atoms with Gasteiger partial charge in [0, 0.05) is 22.8 Å². The number of aromatic nitrogens is 1. The fourth-order valence-corrected chi connectivity index (χ4v) is 2.30. The summed E-state index contributed by atoms with van der Waals surface area (Å²) in [5.74, 6) is 0. The molecule has 0 amide bonds. The summed E-state index contributed by atoms with van der Waals surface area (Å²) >= 11 is 1.57. The molecule has 7 heteroatoms. The number of thiazole rings is 1. The molecule has 0 aliphatic heterocycles. The summed E-state index contributed by atoms with van der Waals surface area (Å²) in [7, 11) is 0. The van der Waals surface area contributed by atoms with E-state index < -0.39 is 4.92 Å². The Kier molecular flexibility index (Phi) is 3.73. The number of nitrogens with one attached hydrogen (secondary N) is 1. The Morgan fingerprint density at radius 2 is 2.37 bits per heavy atom. The van der Waals surface area contributed by atoms with Crippen LogP contribution in [0, 0.1) is 28.4 Å². The zero-order chi connectivity index (χ0) is 13.8. The summed E-state index contributed by atoms with van der Waals surface area (Å²) in [5.41, 5.74) is 0.480. The fourth-order valence-electron chi connectivity index (χ4n) is 1.56. The van der Waals surface area contributed by atoms with Crippen molar-refractivity contribution in [2.24, 2.45) is 0 Å². The minimum Gasteiger partial charge on any atom is -0.380 e. The molecule has 0 radical (unpaired) electrons. The summed E-state index contributed by atoms with van der Waals surface area (Å²) in [6.45, 7) is 2.47. The maximum Gasteiger partial charge on any atom is 0.289 e. The van der Waals surface area contributed by atoms with Gasteiger partial charge >= 0.3 is 0 Å². The third-order valence-electron chi connectivity index (χ3n) is 2.45. The largest absolute Gasteiger partial charge is 0.380 e. The monoisotopic (exact) mass is 274 g/mol. The highest BCUT2D eigenvalue weighted by Crippen LogP contribution is 2.23. The van der Waals surface area contributed by atoms with Gasteiger partial charge in [-0.2, -0.15) is 5.26 Å². The van der Waals surface area contributed by atoms with E-state index in [0.29, 0.717) is 12.2 Å². The van der Waals surface area contributed by atoms with Crippen LogP contribution in [0.1, 0.15) is 15.4 Å². The lowest BCUT2D eigenvalue weighted by molar-refractivity contribution is -0.385. The Hall–Kier alpha value is -2.46. The molecule has 1 aromatic carbocycles. The van der Waals surface area contributed by atoms with E-state index in [2.05, 4.69) is 10.3 Å². The van der Waals surface area contributed by atoms with Crippen LogP contribution in [-0.4, -0.2) is 9.91 Å². The Morgan fingerprint density at radius 1 is 1.58 bits per heavy atom. The number of benzene rings is 1. The number of hydrogen-bond donors (Lipinski definition) is 1. The van der Waals surface area contributed by atoms with Gasteiger partial charge in [0.15, 0.2) is 0 Å². The molecule has 1 heterocycles. The molecule has 2 rings (SSSR count). The molecule has 2 aromatic rings. The van der Waals surface area contributed by atoms with Crippen LogP contribution in [0.15, 0.2) is 24.4 Å². The molecule has 6 nitrogen and oxygen atoms in total. The Balaban J connectivity index is 2.15. The van der Waals surface area contributed by atoms with Crippen LogP contribution in [0.4, 0.5) is 11.4 Å². The topological polar surface area (TPSA) is 91.8 Å². The van der Waals surface area contributed by atoms with Crippen molar-refractivity contribution in [2.45, 2.75) is 13.5 Å². The van der Waals surface area contributed by atoms with Crippen molar-refractivity contribution in [3.05, 3.63) is 50.0 Å². The van der Waals surface area contributed by atoms with Crippen LogP contribution >= 0.6 is 11.3 Å². The number of nitro benzene ring substituents is 1. The number of hydrogen-bond acceptors (Lipinski definition) is 6. The van der Waals surface area contributed by atoms with Gasteiger partial charge in [0.25, 0.3) is 5.69 Å². The summed E-state index contributed by atoms with van der Waals surface area (Å²) in [6.07, 6.45) is 1.77. The number of anilines is 1. The minimum absolute atomic E-state index is 0.0594. The maximum atomic E-state index is 10.8. The van der Waals surface area contributed by atoms with Crippen molar-refractivity contribution in [2.75, 3.05) is 5.32 Å². The molecular weight excluding hydrogens is 264 g/mol. The van der Waals surface area contributed by atoms with Crippen molar-refractivity contribution in [1.82, 2.24) is 4.98 Å². The van der Waals surface area contributed by atoms with E-state index in [0.717, 1.165) is 9.88 Å². The average Bonchev–Trinajstić information content (AvgIpc) is 2.81. The molecule has 0 saturated carbocycles. The van der Waals surface area contributed by atoms with Crippen molar-refractivity contribution in [3.63, 3.8) is 0 Å².